The Hall–Kier alpha value is -4.58. The zero-order valence-corrected chi connectivity index (χ0v) is 24.7. The Morgan fingerprint density at radius 2 is 1.02 bits per heavy atom. The largest absolute Gasteiger partial charge is 0.453 e. The normalized spacial score (nSPS) is 17.0. The van der Waals surface area contributed by atoms with Gasteiger partial charge in [-0.2, -0.15) is 35.4 Å². The van der Waals surface area contributed by atoms with Gasteiger partial charge in [-0.15, -0.1) is 30.6 Å². The summed E-state index contributed by atoms with van der Waals surface area (Å²) in [6.45, 7) is 7.10. The van der Waals surface area contributed by atoms with Crippen LogP contribution in [0.3, 0.4) is 0 Å². The van der Waals surface area contributed by atoms with Gasteiger partial charge in [-0.3, -0.25) is 4.90 Å². The molecule has 0 saturated carbocycles. The minimum Gasteiger partial charge on any atom is -0.353 e. The van der Waals surface area contributed by atoms with E-state index in [1.54, 1.807) is 12.1 Å². The molecular formula is C28H30F6N12. The Kier molecular flexibility index (Phi) is 8.65. The summed E-state index contributed by atoms with van der Waals surface area (Å²) in [5, 5.41) is 21.5. The highest BCUT2D eigenvalue weighted by molar-refractivity contribution is 5.47. The Balaban J connectivity index is 0.000000167. The number of halogens is 6. The van der Waals surface area contributed by atoms with Crippen molar-refractivity contribution in [3.63, 3.8) is 0 Å². The molecule has 4 aromatic heterocycles. The van der Waals surface area contributed by atoms with E-state index < -0.39 is 24.0 Å². The summed E-state index contributed by atoms with van der Waals surface area (Å²) in [6, 6.07) is 16.6. The van der Waals surface area contributed by atoms with Gasteiger partial charge in [0.05, 0.1) is 0 Å². The third kappa shape index (κ3) is 6.96. The van der Waals surface area contributed by atoms with Crippen LogP contribution in [0.5, 0.6) is 0 Å². The highest BCUT2D eigenvalue weighted by atomic mass is 19.4. The highest BCUT2D eigenvalue weighted by Crippen LogP contribution is 2.29. The van der Waals surface area contributed by atoms with Crippen molar-refractivity contribution in [2.45, 2.75) is 18.9 Å². The van der Waals surface area contributed by atoms with Crippen LogP contribution in [0, 0.1) is 0 Å². The topological polar surface area (TPSA) is 99.1 Å². The molecule has 0 spiro atoms. The number of piperazine rings is 2. The van der Waals surface area contributed by atoms with E-state index in [4.69, 9.17) is 0 Å². The van der Waals surface area contributed by atoms with E-state index in [-0.39, 0.29) is 11.3 Å². The Morgan fingerprint density at radius 3 is 1.48 bits per heavy atom. The second-order valence-electron chi connectivity index (χ2n) is 11.0. The predicted octanol–water partition coefficient (Wildman–Crippen LogP) is 3.36. The van der Waals surface area contributed by atoms with Crippen molar-refractivity contribution >= 4 is 22.9 Å². The maximum Gasteiger partial charge on any atom is 0.453 e. The lowest BCUT2D eigenvalue weighted by atomic mass is 10.2. The van der Waals surface area contributed by atoms with Gasteiger partial charge in [0.1, 0.15) is 11.6 Å². The van der Waals surface area contributed by atoms with Crippen molar-refractivity contribution in [1.29, 1.82) is 0 Å². The van der Waals surface area contributed by atoms with Gasteiger partial charge in [-0.1, -0.05) is 30.3 Å². The third-order valence-corrected chi connectivity index (χ3v) is 7.78. The van der Waals surface area contributed by atoms with Gasteiger partial charge >= 0.3 is 12.4 Å². The number of likely N-dealkylation sites (N-methyl/N-ethyl adjacent to an activating group) is 1. The van der Waals surface area contributed by atoms with Crippen LogP contribution in [0.25, 0.3) is 11.3 Å². The van der Waals surface area contributed by atoms with E-state index in [0.717, 1.165) is 54.8 Å². The maximum absolute atomic E-state index is 13.0. The first-order valence-electron chi connectivity index (χ1n) is 14.5. The van der Waals surface area contributed by atoms with Gasteiger partial charge in [0.25, 0.3) is 11.6 Å². The number of benzene rings is 1. The van der Waals surface area contributed by atoms with Crippen LogP contribution in [0.15, 0.2) is 54.6 Å². The van der Waals surface area contributed by atoms with Crippen molar-refractivity contribution < 1.29 is 26.3 Å². The molecule has 0 atom stereocenters. The smallest absolute Gasteiger partial charge is 0.353 e. The monoisotopic (exact) mass is 648 g/mol. The molecule has 0 amide bonds. The molecule has 2 aliphatic rings. The summed E-state index contributed by atoms with van der Waals surface area (Å²) < 4.78 is 78.9. The minimum atomic E-state index is -4.58. The van der Waals surface area contributed by atoms with E-state index in [0.29, 0.717) is 24.7 Å². The summed E-state index contributed by atoms with van der Waals surface area (Å²) in [7, 11) is 2.01. The Bertz CT molecular complexity index is 1750. The first-order valence-corrected chi connectivity index (χ1v) is 14.5. The molecule has 0 radical (unpaired) electrons. The molecule has 0 aliphatic carbocycles. The molecule has 5 aromatic rings. The SMILES string of the molecule is CN1CCN(c2ccc3nnc(C(F)(F)F)n3n2)CC1.FC(F)(F)c1nnc2ccc(N3CCN(Cc4ccccc4)CC3)nn12. The number of rotatable bonds is 4. The molecule has 1 aromatic carbocycles. The summed E-state index contributed by atoms with van der Waals surface area (Å²) >= 11 is 0. The molecule has 2 fully saturated rings. The minimum absolute atomic E-state index is 0.0868. The number of alkyl halides is 6. The van der Waals surface area contributed by atoms with Crippen molar-refractivity contribution in [2.75, 3.05) is 69.2 Å². The average Bonchev–Trinajstić information content (AvgIpc) is 3.67. The molecule has 18 heteroatoms. The molecule has 12 nitrogen and oxygen atoms in total. The van der Waals surface area contributed by atoms with E-state index in [1.807, 2.05) is 35.0 Å². The summed E-state index contributed by atoms with van der Waals surface area (Å²) in [6.07, 6.45) is -9.15. The molecular weight excluding hydrogens is 618 g/mol. The van der Waals surface area contributed by atoms with Crippen LogP contribution in [0.2, 0.25) is 0 Å². The van der Waals surface area contributed by atoms with E-state index in [9.17, 15) is 26.3 Å². The van der Waals surface area contributed by atoms with Gasteiger partial charge in [0.15, 0.2) is 11.3 Å². The van der Waals surface area contributed by atoms with Crippen molar-refractivity contribution in [3.8, 4) is 0 Å². The third-order valence-electron chi connectivity index (χ3n) is 7.78. The van der Waals surface area contributed by atoms with E-state index >= 15 is 0 Å². The summed E-state index contributed by atoms with van der Waals surface area (Å²) in [5.41, 5.74) is 1.43. The van der Waals surface area contributed by atoms with Gasteiger partial charge in [-0.25, -0.2) is 0 Å². The van der Waals surface area contributed by atoms with Gasteiger partial charge in [0.2, 0.25) is 0 Å². The first-order chi connectivity index (χ1) is 22.0. The number of hydrogen-bond donors (Lipinski definition) is 0. The molecule has 0 bridgehead atoms. The zero-order chi connectivity index (χ0) is 32.5. The molecule has 7 rings (SSSR count). The lowest BCUT2D eigenvalue weighted by molar-refractivity contribution is -0.147. The summed E-state index contributed by atoms with van der Waals surface area (Å²) in [5.74, 6) is -1.18. The predicted molar refractivity (Wildman–Crippen MR) is 155 cm³/mol. The fraction of sp³-hybridized carbons (Fsp3) is 0.429. The molecule has 244 valence electrons. The number of aromatic nitrogens is 8. The van der Waals surface area contributed by atoms with Crippen molar-refractivity contribution in [2.24, 2.45) is 0 Å². The standard InChI is InChI=1S/C17H17F3N6.C11H13F3N6/c18-17(19,20)16-22-21-14-6-7-15(23-26(14)16)25-10-8-24(9-11-25)12-13-4-2-1-3-5-13;1-18-4-6-19(7-5-18)9-3-2-8-15-16-10(11(12,13)14)20(8)17-9/h1-7H,8-12H2;2-3H,4-7H2,1H3. The van der Waals surface area contributed by atoms with Gasteiger partial charge in [-0.05, 0) is 36.9 Å². The average molecular weight is 649 g/mol. The lowest BCUT2D eigenvalue weighted by Crippen LogP contribution is -2.46. The number of hydrogen-bond acceptors (Lipinski definition) is 10. The van der Waals surface area contributed by atoms with Crippen LogP contribution in [0.4, 0.5) is 38.0 Å². The molecule has 2 saturated heterocycles. The van der Waals surface area contributed by atoms with Crippen LogP contribution in [-0.2, 0) is 18.9 Å². The maximum atomic E-state index is 13.0. The first kappa shape index (κ1) is 31.4. The van der Waals surface area contributed by atoms with Crippen LogP contribution in [0.1, 0.15) is 17.2 Å². The van der Waals surface area contributed by atoms with Crippen LogP contribution in [-0.4, -0.2) is 109 Å². The van der Waals surface area contributed by atoms with E-state index in [2.05, 4.69) is 52.5 Å². The molecule has 2 aliphatic heterocycles. The van der Waals surface area contributed by atoms with Crippen molar-refractivity contribution in [1.82, 2.24) is 49.4 Å². The Morgan fingerprint density at radius 1 is 0.565 bits per heavy atom. The number of anilines is 2. The van der Waals surface area contributed by atoms with Gasteiger partial charge in [0, 0.05) is 58.9 Å². The lowest BCUT2D eigenvalue weighted by Gasteiger charge is -2.35. The number of nitrogens with zero attached hydrogens (tertiary/aromatic N) is 12. The summed E-state index contributed by atoms with van der Waals surface area (Å²) in [4.78, 5) is 8.43. The second kappa shape index (κ2) is 12.7. The quantitative estimate of drug-likeness (QED) is 0.270. The fourth-order valence-corrected chi connectivity index (χ4v) is 5.26. The molecule has 0 N–H and O–H groups in total. The fourth-order valence-electron chi connectivity index (χ4n) is 5.26. The molecule has 0 unspecified atom stereocenters. The van der Waals surface area contributed by atoms with Gasteiger partial charge < -0.3 is 14.7 Å². The van der Waals surface area contributed by atoms with Crippen LogP contribution < -0.4 is 9.80 Å². The second-order valence-corrected chi connectivity index (χ2v) is 11.0. The van der Waals surface area contributed by atoms with Crippen molar-refractivity contribution in [3.05, 3.63) is 71.8 Å². The van der Waals surface area contributed by atoms with Crippen LogP contribution >= 0.6 is 0 Å². The number of fused-ring (bicyclic) bond motifs is 2. The van der Waals surface area contributed by atoms with E-state index in [1.165, 1.54) is 17.7 Å². The highest BCUT2D eigenvalue weighted by Gasteiger charge is 2.39. The zero-order valence-electron chi connectivity index (χ0n) is 24.7. The Labute approximate surface area is 258 Å². The molecule has 6 heterocycles. The molecule has 46 heavy (non-hydrogen) atoms.